The normalized spacial score (nSPS) is 21.6. The molecule has 5 heteroatoms. The van der Waals surface area contributed by atoms with Crippen molar-refractivity contribution in [3.63, 3.8) is 0 Å². The summed E-state index contributed by atoms with van der Waals surface area (Å²) in [6, 6.07) is 9.43. The molecular weight excluding hydrogens is 298 g/mol. The van der Waals surface area contributed by atoms with E-state index in [-0.39, 0.29) is 0 Å². The molecule has 3 rings (SSSR count). The van der Waals surface area contributed by atoms with Crippen LogP contribution in [0, 0.1) is 23.2 Å². The second-order valence-electron chi connectivity index (χ2n) is 6.14. The highest BCUT2D eigenvalue weighted by Crippen LogP contribution is 2.32. The predicted molar refractivity (Wildman–Crippen MR) is 86.8 cm³/mol. The fraction of sp³-hybridized carbons (Fsp3) is 0.412. The van der Waals surface area contributed by atoms with Gasteiger partial charge >= 0.3 is 0 Å². The molecule has 4 nitrogen and oxygen atoms in total. The maximum atomic E-state index is 9.36. The molecule has 0 unspecified atom stereocenters. The Morgan fingerprint density at radius 3 is 2.45 bits per heavy atom. The molecule has 0 aliphatic carbocycles. The van der Waals surface area contributed by atoms with Crippen LogP contribution in [0.25, 0.3) is 11.5 Å². The Balaban J connectivity index is 1.95. The number of hydrogen-bond donors (Lipinski definition) is 0. The van der Waals surface area contributed by atoms with Gasteiger partial charge in [0.1, 0.15) is 6.07 Å². The molecule has 1 saturated heterocycles. The summed E-state index contributed by atoms with van der Waals surface area (Å²) < 4.78 is 5.92. The van der Waals surface area contributed by atoms with Crippen molar-refractivity contribution in [1.29, 1.82) is 5.26 Å². The largest absolute Gasteiger partial charge is 0.419 e. The van der Waals surface area contributed by atoms with Crippen LogP contribution in [0.4, 0.5) is 5.88 Å². The van der Waals surface area contributed by atoms with Gasteiger partial charge in [-0.15, -0.1) is 0 Å². The zero-order chi connectivity index (χ0) is 15.7. The standard InChI is InChI=1S/C17H18ClN3O/c1-11-7-12(2)10-21(9-11)17-15(8-19)20-16(22-17)13-3-5-14(18)6-4-13/h3-6,11-12H,7,9-10H2,1-2H3/t11-,12-/m0/s1. The number of anilines is 1. The Bertz CT molecular complexity index is 692. The van der Waals surface area contributed by atoms with Crippen LogP contribution in [-0.2, 0) is 0 Å². The lowest BCUT2D eigenvalue weighted by molar-refractivity contribution is 0.344. The third-order valence-corrected chi connectivity index (χ3v) is 4.21. The highest BCUT2D eigenvalue weighted by atomic mass is 35.5. The number of nitriles is 1. The van der Waals surface area contributed by atoms with Gasteiger partial charge < -0.3 is 9.32 Å². The summed E-state index contributed by atoms with van der Waals surface area (Å²) in [5.41, 5.74) is 1.18. The van der Waals surface area contributed by atoms with Crippen LogP contribution in [0.1, 0.15) is 26.0 Å². The third-order valence-electron chi connectivity index (χ3n) is 3.96. The summed E-state index contributed by atoms with van der Waals surface area (Å²) in [7, 11) is 0. The minimum atomic E-state index is 0.353. The monoisotopic (exact) mass is 315 g/mol. The summed E-state index contributed by atoms with van der Waals surface area (Å²) >= 11 is 5.91. The molecular formula is C17H18ClN3O. The molecule has 0 N–H and O–H groups in total. The van der Waals surface area contributed by atoms with Gasteiger partial charge in [0.15, 0.2) is 0 Å². The van der Waals surface area contributed by atoms with Gasteiger partial charge in [0.25, 0.3) is 0 Å². The number of halogens is 1. The van der Waals surface area contributed by atoms with E-state index in [2.05, 4.69) is 29.8 Å². The lowest BCUT2D eigenvalue weighted by atomic mass is 9.92. The van der Waals surface area contributed by atoms with E-state index >= 15 is 0 Å². The van der Waals surface area contributed by atoms with Crippen LogP contribution >= 0.6 is 11.6 Å². The van der Waals surface area contributed by atoms with Gasteiger partial charge in [-0.2, -0.15) is 10.2 Å². The summed E-state index contributed by atoms with van der Waals surface area (Å²) in [5, 5.41) is 10.0. The average Bonchev–Trinajstić information content (AvgIpc) is 2.91. The molecule has 2 heterocycles. The van der Waals surface area contributed by atoms with E-state index in [9.17, 15) is 5.26 Å². The Hall–Kier alpha value is -1.99. The molecule has 0 spiro atoms. The summed E-state index contributed by atoms with van der Waals surface area (Å²) in [5.74, 6) is 2.22. The van der Waals surface area contributed by atoms with Crippen LogP contribution in [0.15, 0.2) is 28.7 Å². The third kappa shape index (κ3) is 2.95. The molecule has 1 aromatic carbocycles. The molecule has 0 radical (unpaired) electrons. The van der Waals surface area contributed by atoms with E-state index < -0.39 is 0 Å². The van der Waals surface area contributed by atoms with Gasteiger partial charge in [-0.25, -0.2) is 0 Å². The van der Waals surface area contributed by atoms with Crippen molar-refractivity contribution in [2.45, 2.75) is 20.3 Å². The number of benzene rings is 1. The molecule has 0 bridgehead atoms. The van der Waals surface area contributed by atoms with Gasteiger partial charge in [0.05, 0.1) is 0 Å². The Kier molecular flexibility index (Phi) is 4.08. The zero-order valence-corrected chi connectivity index (χ0v) is 13.5. The molecule has 114 valence electrons. The van der Waals surface area contributed by atoms with Crippen LogP contribution in [0.2, 0.25) is 5.02 Å². The van der Waals surface area contributed by atoms with Crippen molar-refractivity contribution in [3.8, 4) is 17.5 Å². The first-order chi connectivity index (χ1) is 10.6. The summed E-state index contributed by atoms with van der Waals surface area (Å²) in [6.45, 7) is 6.25. The highest BCUT2D eigenvalue weighted by molar-refractivity contribution is 6.30. The van der Waals surface area contributed by atoms with E-state index in [1.54, 1.807) is 12.1 Å². The fourth-order valence-electron chi connectivity index (χ4n) is 3.14. The predicted octanol–water partition coefficient (Wildman–Crippen LogP) is 4.35. The van der Waals surface area contributed by atoms with Crippen LogP contribution in [0.5, 0.6) is 0 Å². The quantitative estimate of drug-likeness (QED) is 0.826. The highest BCUT2D eigenvalue weighted by Gasteiger charge is 2.27. The van der Waals surface area contributed by atoms with Crippen molar-refractivity contribution in [3.05, 3.63) is 35.0 Å². The number of rotatable bonds is 2. The van der Waals surface area contributed by atoms with Gasteiger partial charge in [0.2, 0.25) is 17.5 Å². The van der Waals surface area contributed by atoms with Crippen molar-refractivity contribution in [2.75, 3.05) is 18.0 Å². The van der Waals surface area contributed by atoms with Gasteiger partial charge in [-0.1, -0.05) is 25.4 Å². The van der Waals surface area contributed by atoms with Gasteiger partial charge in [-0.05, 0) is 42.5 Å². The first-order valence-corrected chi connectivity index (χ1v) is 7.86. The first kappa shape index (κ1) is 14.9. The maximum absolute atomic E-state index is 9.36. The fourth-order valence-corrected chi connectivity index (χ4v) is 3.27. The molecule has 22 heavy (non-hydrogen) atoms. The van der Waals surface area contributed by atoms with Crippen molar-refractivity contribution in [1.82, 2.24) is 4.98 Å². The van der Waals surface area contributed by atoms with Crippen LogP contribution in [0.3, 0.4) is 0 Å². The minimum absolute atomic E-state index is 0.353. The van der Waals surface area contributed by atoms with E-state index in [1.165, 1.54) is 6.42 Å². The Morgan fingerprint density at radius 2 is 1.86 bits per heavy atom. The van der Waals surface area contributed by atoms with Crippen molar-refractivity contribution < 1.29 is 4.42 Å². The number of hydrogen-bond acceptors (Lipinski definition) is 4. The molecule has 2 atom stereocenters. The Morgan fingerprint density at radius 1 is 1.23 bits per heavy atom. The van der Waals surface area contributed by atoms with Crippen molar-refractivity contribution >= 4 is 17.5 Å². The van der Waals surface area contributed by atoms with Crippen molar-refractivity contribution in [2.24, 2.45) is 11.8 Å². The second-order valence-corrected chi connectivity index (χ2v) is 6.58. The maximum Gasteiger partial charge on any atom is 0.235 e. The van der Waals surface area contributed by atoms with Crippen LogP contribution < -0.4 is 4.90 Å². The molecule has 1 aromatic heterocycles. The molecule has 0 saturated carbocycles. The topological polar surface area (TPSA) is 53.1 Å². The number of piperidine rings is 1. The lowest BCUT2D eigenvalue weighted by Gasteiger charge is -2.34. The first-order valence-electron chi connectivity index (χ1n) is 7.48. The molecule has 2 aromatic rings. The number of aromatic nitrogens is 1. The van der Waals surface area contributed by atoms with Crippen LogP contribution in [-0.4, -0.2) is 18.1 Å². The van der Waals surface area contributed by atoms with Gasteiger partial charge in [0, 0.05) is 23.7 Å². The number of oxazole rings is 1. The molecule has 1 fully saturated rings. The van der Waals surface area contributed by atoms with Gasteiger partial charge in [-0.3, -0.25) is 0 Å². The summed E-state index contributed by atoms with van der Waals surface area (Å²) in [4.78, 5) is 6.48. The lowest BCUT2D eigenvalue weighted by Crippen LogP contribution is -2.38. The second kappa shape index (κ2) is 6.02. The Labute approximate surface area is 135 Å². The number of nitrogens with zero attached hydrogens (tertiary/aromatic N) is 3. The van der Waals surface area contributed by atoms with E-state index in [0.29, 0.717) is 34.3 Å². The summed E-state index contributed by atoms with van der Waals surface area (Å²) in [6.07, 6.45) is 1.20. The zero-order valence-electron chi connectivity index (χ0n) is 12.7. The molecule has 0 amide bonds. The van der Waals surface area contributed by atoms with E-state index in [0.717, 1.165) is 18.7 Å². The molecule has 1 aliphatic heterocycles. The molecule has 1 aliphatic rings. The smallest absolute Gasteiger partial charge is 0.235 e. The average molecular weight is 316 g/mol. The van der Waals surface area contributed by atoms with E-state index in [1.807, 2.05) is 12.1 Å². The minimum Gasteiger partial charge on any atom is -0.419 e. The van der Waals surface area contributed by atoms with E-state index in [4.69, 9.17) is 16.0 Å². The SMILES string of the molecule is C[C@H]1C[C@H](C)CN(c2oc(-c3ccc(Cl)cc3)nc2C#N)C1.